The van der Waals surface area contributed by atoms with Gasteiger partial charge in [0.05, 0.1) is 0 Å². The maximum Gasteiger partial charge on any atom is 0.0239 e. The molecule has 0 aliphatic rings. The minimum Gasteiger partial charge on any atom is -0.319 e. The molecule has 1 rings (SSSR count). The summed E-state index contributed by atoms with van der Waals surface area (Å²) in [5.74, 6) is 0. The van der Waals surface area contributed by atoms with Crippen LogP contribution < -0.4 is 5.32 Å². The van der Waals surface area contributed by atoms with Crippen LogP contribution in [0.1, 0.15) is 51.2 Å². The van der Waals surface area contributed by atoms with Crippen molar-refractivity contribution in [3.8, 4) is 0 Å². The average molecular weight is 276 g/mol. The molecule has 2 heteroatoms. The van der Waals surface area contributed by atoms with Crippen LogP contribution in [0.15, 0.2) is 24.3 Å². The molecule has 0 bridgehead atoms. The van der Waals surface area contributed by atoms with Crippen molar-refractivity contribution in [3.63, 3.8) is 0 Å². The van der Waals surface area contributed by atoms with E-state index in [1.807, 2.05) is 7.05 Å². The van der Waals surface area contributed by atoms with E-state index in [-0.39, 0.29) is 0 Å². The number of nitrogens with zero attached hydrogens (tertiary/aromatic N) is 1. The second-order valence-electron chi connectivity index (χ2n) is 5.89. The summed E-state index contributed by atoms with van der Waals surface area (Å²) in [4.78, 5) is 2.61. The first kappa shape index (κ1) is 17.2. The van der Waals surface area contributed by atoms with Gasteiger partial charge in [-0.05, 0) is 58.0 Å². The third-order valence-electron chi connectivity index (χ3n) is 3.92. The molecule has 0 fully saturated rings. The molecular weight excluding hydrogens is 244 g/mol. The molecule has 1 aromatic rings. The standard InChI is InChI=1S/C18H32N2/c1-5-6-9-14-20(16(2)3)15-18-11-8-7-10-17(18)12-13-19-4/h7-8,10-11,16,19H,5-6,9,12-15H2,1-4H3. The van der Waals surface area contributed by atoms with E-state index < -0.39 is 0 Å². The SMILES string of the molecule is CCCCCN(Cc1ccccc1CCNC)C(C)C. The molecule has 0 atom stereocenters. The first-order chi connectivity index (χ1) is 9.69. The molecule has 0 aliphatic carbocycles. The summed E-state index contributed by atoms with van der Waals surface area (Å²) in [5.41, 5.74) is 2.98. The molecule has 114 valence electrons. The normalized spacial score (nSPS) is 11.5. The van der Waals surface area contributed by atoms with Crippen molar-refractivity contribution >= 4 is 0 Å². The molecule has 0 saturated heterocycles. The number of hydrogen-bond donors (Lipinski definition) is 1. The summed E-state index contributed by atoms with van der Waals surface area (Å²) >= 11 is 0. The third kappa shape index (κ3) is 6.06. The smallest absolute Gasteiger partial charge is 0.0239 e. The lowest BCUT2D eigenvalue weighted by Gasteiger charge is -2.27. The van der Waals surface area contributed by atoms with E-state index in [1.165, 1.54) is 36.9 Å². The van der Waals surface area contributed by atoms with E-state index in [9.17, 15) is 0 Å². The van der Waals surface area contributed by atoms with Gasteiger partial charge in [0.25, 0.3) is 0 Å². The number of nitrogens with one attached hydrogen (secondary N) is 1. The van der Waals surface area contributed by atoms with Crippen LogP contribution in [0.5, 0.6) is 0 Å². The van der Waals surface area contributed by atoms with Crippen LogP contribution in [0.2, 0.25) is 0 Å². The lowest BCUT2D eigenvalue weighted by Crippen LogP contribution is -2.31. The Morgan fingerprint density at radius 1 is 1.10 bits per heavy atom. The van der Waals surface area contributed by atoms with E-state index in [4.69, 9.17) is 0 Å². The highest BCUT2D eigenvalue weighted by Crippen LogP contribution is 2.15. The Kier molecular flexibility index (Phi) is 8.56. The third-order valence-corrected chi connectivity index (χ3v) is 3.92. The van der Waals surface area contributed by atoms with E-state index in [0.717, 1.165) is 19.5 Å². The fourth-order valence-electron chi connectivity index (χ4n) is 2.52. The maximum atomic E-state index is 3.25. The number of unbranched alkanes of at least 4 members (excludes halogenated alkanes) is 2. The Morgan fingerprint density at radius 2 is 1.80 bits per heavy atom. The van der Waals surface area contributed by atoms with Crippen LogP contribution in [0, 0.1) is 0 Å². The molecule has 20 heavy (non-hydrogen) atoms. The predicted octanol–water partition coefficient (Wildman–Crippen LogP) is 3.85. The van der Waals surface area contributed by atoms with E-state index in [2.05, 4.69) is 55.3 Å². The van der Waals surface area contributed by atoms with Gasteiger partial charge in [-0.3, -0.25) is 4.90 Å². The number of hydrogen-bond acceptors (Lipinski definition) is 2. The molecule has 0 amide bonds. The van der Waals surface area contributed by atoms with Gasteiger partial charge in [-0.1, -0.05) is 44.0 Å². The lowest BCUT2D eigenvalue weighted by atomic mass is 10.0. The van der Waals surface area contributed by atoms with Crippen molar-refractivity contribution in [2.24, 2.45) is 0 Å². The summed E-state index contributed by atoms with van der Waals surface area (Å²) in [6.45, 7) is 10.2. The summed E-state index contributed by atoms with van der Waals surface area (Å²) in [6.07, 6.45) is 5.07. The number of benzene rings is 1. The summed E-state index contributed by atoms with van der Waals surface area (Å²) < 4.78 is 0. The van der Waals surface area contributed by atoms with Crippen molar-refractivity contribution in [2.45, 2.75) is 59.0 Å². The first-order valence-corrected chi connectivity index (χ1v) is 8.14. The van der Waals surface area contributed by atoms with Crippen LogP contribution in [-0.4, -0.2) is 31.1 Å². The van der Waals surface area contributed by atoms with Gasteiger partial charge in [-0.15, -0.1) is 0 Å². The Balaban J connectivity index is 2.67. The van der Waals surface area contributed by atoms with Crippen LogP contribution in [0.4, 0.5) is 0 Å². The lowest BCUT2D eigenvalue weighted by molar-refractivity contribution is 0.208. The summed E-state index contributed by atoms with van der Waals surface area (Å²) in [7, 11) is 2.02. The zero-order valence-electron chi connectivity index (χ0n) is 13.8. The fraction of sp³-hybridized carbons (Fsp3) is 0.667. The number of rotatable bonds is 10. The molecule has 0 spiro atoms. The molecule has 0 aliphatic heterocycles. The maximum absolute atomic E-state index is 3.25. The molecule has 0 radical (unpaired) electrons. The van der Waals surface area contributed by atoms with Gasteiger partial charge >= 0.3 is 0 Å². The quantitative estimate of drug-likeness (QED) is 0.653. The minimum atomic E-state index is 0.615. The molecule has 2 nitrogen and oxygen atoms in total. The van der Waals surface area contributed by atoms with Crippen molar-refractivity contribution in [1.29, 1.82) is 0 Å². The van der Waals surface area contributed by atoms with Crippen molar-refractivity contribution in [1.82, 2.24) is 10.2 Å². The van der Waals surface area contributed by atoms with Gasteiger partial charge in [0, 0.05) is 12.6 Å². The first-order valence-electron chi connectivity index (χ1n) is 8.14. The molecular formula is C18H32N2. The average Bonchev–Trinajstić information content (AvgIpc) is 2.45. The Bertz CT molecular complexity index is 360. The molecule has 1 N–H and O–H groups in total. The van der Waals surface area contributed by atoms with Crippen molar-refractivity contribution < 1.29 is 0 Å². The largest absolute Gasteiger partial charge is 0.319 e. The van der Waals surface area contributed by atoms with E-state index in [1.54, 1.807) is 0 Å². The molecule has 0 unspecified atom stereocenters. The van der Waals surface area contributed by atoms with Crippen LogP contribution in [0.3, 0.4) is 0 Å². The van der Waals surface area contributed by atoms with Gasteiger partial charge < -0.3 is 5.32 Å². The van der Waals surface area contributed by atoms with Crippen LogP contribution >= 0.6 is 0 Å². The van der Waals surface area contributed by atoms with Crippen LogP contribution in [0.25, 0.3) is 0 Å². The highest BCUT2D eigenvalue weighted by molar-refractivity contribution is 5.27. The van der Waals surface area contributed by atoms with Crippen molar-refractivity contribution in [2.75, 3.05) is 20.1 Å². The van der Waals surface area contributed by atoms with Gasteiger partial charge in [-0.2, -0.15) is 0 Å². The predicted molar refractivity (Wildman–Crippen MR) is 89.1 cm³/mol. The highest BCUT2D eigenvalue weighted by atomic mass is 15.1. The van der Waals surface area contributed by atoms with E-state index in [0.29, 0.717) is 6.04 Å². The summed E-state index contributed by atoms with van der Waals surface area (Å²) in [5, 5.41) is 3.25. The van der Waals surface area contributed by atoms with Gasteiger partial charge in [-0.25, -0.2) is 0 Å². The zero-order valence-corrected chi connectivity index (χ0v) is 13.8. The van der Waals surface area contributed by atoms with Gasteiger partial charge in [0.15, 0.2) is 0 Å². The second-order valence-corrected chi connectivity index (χ2v) is 5.89. The fourth-order valence-corrected chi connectivity index (χ4v) is 2.52. The van der Waals surface area contributed by atoms with E-state index >= 15 is 0 Å². The monoisotopic (exact) mass is 276 g/mol. The minimum absolute atomic E-state index is 0.615. The molecule has 0 heterocycles. The summed E-state index contributed by atoms with van der Waals surface area (Å²) in [6, 6.07) is 9.51. The zero-order chi connectivity index (χ0) is 14.8. The topological polar surface area (TPSA) is 15.3 Å². The van der Waals surface area contributed by atoms with Gasteiger partial charge in [0.2, 0.25) is 0 Å². The molecule has 0 saturated carbocycles. The molecule has 0 aromatic heterocycles. The van der Waals surface area contributed by atoms with Crippen LogP contribution in [-0.2, 0) is 13.0 Å². The highest BCUT2D eigenvalue weighted by Gasteiger charge is 2.11. The second kappa shape index (κ2) is 9.95. The van der Waals surface area contributed by atoms with Gasteiger partial charge in [0.1, 0.15) is 0 Å². The van der Waals surface area contributed by atoms with Crippen molar-refractivity contribution in [3.05, 3.63) is 35.4 Å². The Labute approximate surface area is 125 Å². The molecule has 1 aromatic carbocycles. The number of likely N-dealkylation sites (N-methyl/N-ethyl adjacent to an activating group) is 1. The Morgan fingerprint density at radius 3 is 2.40 bits per heavy atom. The Hall–Kier alpha value is -0.860.